The number of likely N-dealkylation sites (tertiary alicyclic amines) is 1. The molecule has 1 saturated heterocycles. The van der Waals surface area contributed by atoms with Crippen LogP contribution in [-0.4, -0.2) is 63.2 Å². The number of rotatable bonds is 9. The zero-order valence-corrected chi connectivity index (χ0v) is 26.5. The lowest BCUT2D eigenvalue weighted by atomic mass is 9.71. The summed E-state index contributed by atoms with van der Waals surface area (Å²) < 4.78 is 40.9. The number of piperidine rings is 1. The van der Waals surface area contributed by atoms with Gasteiger partial charge < -0.3 is 14.7 Å². The minimum Gasteiger partial charge on any atom is -0.382 e. The number of benzene rings is 2. The van der Waals surface area contributed by atoms with Crippen LogP contribution in [0.1, 0.15) is 71.9 Å². The Morgan fingerprint density at radius 2 is 1.71 bits per heavy atom. The van der Waals surface area contributed by atoms with Gasteiger partial charge in [0.2, 0.25) is 0 Å². The number of hydrogen-bond donors (Lipinski definition) is 1. The average Bonchev–Trinajstić information content (AvgIpc) is 3.79. The van der Waals surface area contributed by atoms with E-state index in [2.05, 4.69) is 16.0 Å². The Balaban J connectivity index is 1.58. The van der Waals surface area contributed by atoms with Crippen LogP contribution in [-0.2, 0) is 22.6 Å². The lowest BCUT2D eigenvalue weighted by Crippen LogP contribution is -2.54. The third kappa shape index (κ3) is 5.19. The molecular formula is C33H33Cl2F2N5O3. The number of hydrogen-bond acceptors (Lipinski definition) is 7. The van der Waals surface area contributed by atoms with Crippen molar-refractivity contribution in [2.24, 2.45) is 5.41 Å². The molecule has 236 valence electrons. The highest BCUT2D eigenvalue weighted by atomic mass is 35.5. The number of halogens is 4. The molecule has 0 radical (unpaired) electrons. The van der Waals surface area contributed by atoms with E-state index in [9.17, 15) is 15.2 Å². The van der Waals surface area contributed by atoms with Crippen LogP contribution < -0.4 is 0 Å². The maximum absolute atomic E-state index is 17.4. The van der Waals surface area contributed by atoms with Gasteiger partial charge in [0, 0.05) is 41.6 Å². The number of nitrogens with zero attached hydrogens (tertiary/aromatic N) is 5. The van der Waals surface area contributed by atoms with Crippen LogP contribution in [0, 0.1) is 22.6 Å². The Morgan fingerprint density at radius 3 is 2.29 bits per heavy atom. The molecule has 1 aromatic heterocycles. The molecular weight excluding hydrogens is 623 g/mol. The Hall–Kier alpha value is -3.20. The molecule has 6 rings (SSSR count). The lowest BCUT2D eigenvalue weighted by molar-refractivity contribution is -0.140. The van der Waals surface area contributed by atoms with Crippen LogP contribution in [0.5, 0.6) is 0 Å². The highest BCUT2D eigenvalue weighted by Crippen LogP contribution is 2.54. The van der Waals surface area contributed by atoms with Crippen molar-refractivity contribution < 1.29 is 23.4 Å². The van der Waals surface area contributed by atoms with Crippen molar-refractivity contribution in [1.82, 2.24) is 19.8 Å². The summed E-state index contributed by atoms with van der Waals surface area (Å²) in [6.07, 6.45) is 3.85. The molecule has 2 atom stereocenters. The van der Waals surface area contributed by atoms with Crippen LogP contribution in [0.25, 0.3) is 0 Å². The largest absolute Gasteiger partial charge is 0.382 e. The molecule has 8 nitrogen and oxygen atoms in total. The predicted octanol–water partition coefficient (Wildman–Crippen LogP) is 6.13. The molecule has 3 aliphatic rings. The van der Waals surface area contributed by atoms with E-state index in [0.717, 1.165) is 0 Å². The fourth-order valence-electron chi connectivity index (χ4n) is 6.60. The lowest BCUT2D eigenvalue weighted by Gasteiger charge is -2.46. The number of aliphatic hydroxyl groups is 1. The second kappa shape index (κ2) is 11.6. The molecule has 3 heterocycles. The van der Waals surface area contributed by atoms with Gasteiger partial charge in [0.25, 0.3) is 5.91 Å². The number of carbonyl (C=O) groups is 1. The van der Waals surface area contributed by atoms with Crippen molar-refractivity contribution in [1.29, 1.82) is 5.26 Å². The topological polar surface area (TPSA) is 103 Å². The smallest absolute Gasteiger partial charge is 0.257 e. The van der Waals surface area contributed by atoms with E-state index in [1.54, 1.807) is 31.2 Å². The van der Waals surface area contributed by atoms with Crippen LogP contribution in [0.3, 0.4) is 0 Å². The number of nitriles is 1. The number of ether oxygens (including phenoxy) is 1. The van der Waals surface area contributed by atoms with Crippen molar-refractivity contribution in [2.75, 3.05) is 26.7 Å². The first kappa shape index (κ1) is 31.8. The molecule has 45 heavy (non-hydrogen) atoms. The molecule has 1 amide bonds. The molecule has 3 aromatic rings. The highest BCUT2D eigenvalue weighted by Gasteiger charge is 2.59. The normalized spacial score (nSPS) is 23.3. The monoisotopic (exact) mass is 655 g/mol. The summed E-state index contributed by atoms with van der Waals surface area (Å²) in [6, 6.07) is 11.5. The molecule has 2 fully saturated rings. The van der Waals surface area contributed by atoms with E-state index in [1.807, 2.05) is 11.9 Å². The number of amides is 1. The van der Waals surface area contributed by atoms with Gasteiger partial charge in [-0.05, 0) is 57.4 Å². The van der Waals surface area contributed by atoms with Gasteiger partial charge in [-0.2, -0.15) is 5.26 Å². The van der Waals surface area contributed by atoms with Gasteiger partial charge in [0.05, 0.1) is 40.8 Å². The SMILES string of the molecule is CCC(O)(c1ccc2c(c1F)[C@](OCC1(C#N)CC1)(c1ccc(Cl)cc1)N(Cc1ncc(Cl)cn1)C2=O)C1(F)CCN(C)CC1. The van der Waals surface area contributed by atoms with Gasteiger partial charge in [-0.3, -0.25) is 9.69 Å². The Kier molecular flexibility index (Phi) is 8.15. The van der Waals surface area contributed by atoms with Gasteiger partial charge in [-0.1, -0.05) is 48.3 Å². The standard InChI is InChI=1S/C33H33Cl2F2N5O3/c1-3-32(44,31(37)12-14-41(2)15-13-31)25-9-8-24-27(28(25)36)33(21-4-6-22(34)7-5-21,45-20-30(19-38)10-11-30)42(29(24)43)18-26-39-16-23(35)17-40-26/h4-9,16-17,44H,3,10-15,18,20H2,1-2H3/t32?,33-/m1/s1. The van der Waals surface area contributed by atoms with Gasteiger partial charge in [0.15, 0.2) is 5.72 Å². The van der Waals surface area contributed by atoms with Gasteiger partial charge in [-0.25, -0.2) is 18.7 Å². The van der Waals surface area contributed by atoms with Crippen molar-refractivity contribution in [3.05, 3.63) is 92.7 Å². The van der Waals surface area contributed by atoms with Gasteiger partial charge in [-0.15, -0.1) is 0 Å². The summed E-state index contributed by atoms with van der Waals surface area (Å²) in [4.78, 5) is 26.1. The maximum atomic E-state index is 17.4. The first-order valence-electron chi connectivity index (χ1n) is 14.9. The second-order valence-electron chi connectivity index (χ2n) is 12.4. The first-order valence-corrected chi connectivity index (χ1v) is 15.7. The van der Waals surface area contributed by atoms with Crippen LogP contribution in [0.2, 0.25) is 10.0 Å². The molecule has 1 unspecified atom stereocenters. The summed E-state index contributed by atoms with van der Waals surface area (Å²) in [5.41, 5.74) is -7.13. The number of alkyl halides is 1. The molecule has 0 spiro atoms. The zero-order chi connectivity index (χ0) is 32.2. The Bertz CT molecular complexity index is 1660. The summed E-state index contributed by atoms with van der Waals surface area (Å²) in [5, 5.41) is 22.7. The van der Waals surface area contributed by atoms with E-state index >= 15 is 8.78 Å². The average molecular weight is 657 g/mol. The minimum atomic E-state index is -2.20. The summed E-state index contributed by atoms with van der Waals surface area (Å²) in [6.45, 7) is 2.09. The van der Waals surface area contributed by atoms with Crippen LogP contribution in [0.15, 0.2) is 48.8 Å². The zero-order valence-electron chi connectivity index (χ0n) is 25.0. The van der Waals surface area contributed by atoms with E-state index in [-0.39, 0.29) is 54.9 Å². The van der Waals surface area contributed by atoms with Crippen LogP contribution >= 0.6 is 23.2 Å². The molecule has 2 aromatic carbocycles. The number of aromatic nitrogens is 2. The molecule has 0 bridgehead atoms. The van der Waals surface area contributed by atoms with E-state index in [1.165, 1.54) is 29.4 Å². The van der Waals surface area contributed by atoms with E-state index in [0.29, 0.717) is 41.5 Å². The number of carbonyl (C=O) groups excluding carboxylic acids is 1. The molecule has 1 N–H and O–H groups in total. The molecule has 1 saturated carbocycles. The van der Waals surface area contributed by atoms with Gasteiger partial charge >= 0.3 is 0 Å². The highest BCUT2D eigenvalue weighted by molar-refractivity contribution is 6.30. The van der Waals surface area contributed by atoms with Crippen molar-refractivity contribution in [2.45, 2.75) is 62.6 Å². The van der Waals surface area contributed by atoms with Crippen molar-refractivity contribution in [3.8, 4) is 6.07 Å². The van der Waals surface area contributed by atoms with Crippen molar-refractivity contribution in [3.63, 3.8) is 0 Å². The maximum Gasteiger partial charge on any atom is 0.257 e. The fraction of sp³-hybridized carbons (Fsp3) is 0.455. The third-order valence-electron chi connectivity index (χ3n) is 9.67. The summed E-state index contributed by atoms with van der Waals surface area (Å²) in [5.74, 6) is -1.32. The quantitative estimate of drug-likeness (QED) is 0.296. The third-order valence-corrected chi connectivity index (χ3v) is 10.1. The predicted molar refractivity (Wildman–Crippen MR) is 164 cm³/mol. The van der Waals surface area contributed by atoms with Gasteiger partial charge in [0.1, 0.15) is 22.9 Å². The summed E-state index contributed by atoms with van der Waals surface area (Å²) >= 11 is 12.3. The second-order valence-corrected chi connectivity index (χ2v) is 13.2. The molecule has 12 heteroatoms. The molecule has 2 aliphatic heterocycles. The van der Waals surface area contributed by atoms with E-state index < -0.39 is 34.1 Å². The molecule has 1 aliphatic carbocycles. The van der Waals surface area contributed by atoms with E-state index in [4.69, 9.17) is 27.9 Å². The van der Waals surface area contributed by atoms with Crippen molar-refractivity contribution >= 4 is 29.1 Å². The van der Waals surface area contributed by atoms with Crippen LogP contribution in [0.4, 0.5) is 8.78 Å². The number of fused-ring (bicyclic) bond motifs is 1. The Labute approximate surface area is 270 Å². The first-order chi connectivity index (χ1) is 21.4. The Morgan fingerprint density at radius 1 is 1.07 bits per heavy atom. The minimum absolute atomic E-state index is 0.00679. The summed E-state index contributed by atoms with van der Waals surface area (Å²) in [7, 11) is 1.87. The fourth-order valence-corrected chi connectivity index (χ4v) is 6.82.